The number of rotatable bonds is 5. The van der Waals surface area contributed by atoms with Gasteiger partial charge in [-0.15, -0.1) is 11.3 Å². The number of ether oxygens (including phenoxy) is 1. The van der Waals surface area contributed by atoms with Gasteiger partial charge in [-0.2, -0.15) is 0 Å². The second kappa shape index (κ2) is 6.02. The highest BCUT2D eigenvalue weighted by atomic mass is 32.2. The minimum atomic E-state index is -3.65. The molecule has 0 bridgehead atoms. The Morgan fingerprint density at radius 2 is 2.05 bits per heavy atom. The number of esters is 1. The summed E-state index contributed by atoms with van der Waals surface area (Å²) >= 11 is 1.20. The fourth-order valence-corrected chi connectivity index (χ4v) is 3.26. The molecule has 0 aliphatic rings. The first-order valence-corrected chi connectivity index (χ1v) is 7.95. The van der Waals surface area contributed by atoms with Crippen molar-refractivity contribution in [2.24, 2.45) is 0 Å². The molecule has 2 aromatic rings. The number of aromatic nitrogens is 1. The smallest absolute Gasteiger partial charge is 0.309 e. The Labute approximate surface area is 120 Å². The van der Waals surface area contributed by atoms with Crippen molar-refractivity contribution < 1.29 is 17.9 Å². The summed E-state index contributed by atoms with van der Waals surface area (Å²) in [6.45, 7) is 0. The minimum absolute atomic E-state index is 0.108. The summed E-state index contributed by atoms with van der Waals surface area (Å²) < 4.78 is 31.0. The van der Waals surface area contributed by atoms with Gasteiger partial charge in [-0.25, -0.2) is 13.4 Å². The lowest BCUT2D eigenvalue weighted by Gasteiger charge is -2.06. The lowest BCUT2D eigenvalue weighted by Crippen LogP contribution is -2.13. The molecule has 0 radical (unpaired) electrons. The Hall–Kier alpha value is -1.93. The Bertz CT molecular complexity index is 679. The average molecular weight is 312 g/mol. The van der Waals surface area contributed by atoms with Gasteiger partial charge in [-0.3, -0.25) is 9.52 Å². The van der Waals surface area contributed by atoms with Gasteiger partial charge >= 0.3 is 5.97 Å². The number of hydrogen-bond donors (Lipinski definition) is 1. The number of nitrogens with zero attached hydrogens (tertiary/aromatic N) is 1. The third-order valence-electron chi connectivity index (χ3n) is 2.46. The zero-order chi connectivity index (χ0) is 14.6. The Morgan fingerprint density at radius 1 is 1.35 bits per heavy atom. The molecular weight excluding hydrogens is 300 g/mol. The molecular formula is C12H12N2O4S2. The summed E-state index contributed by atoms with van der Waals surface area (Å²) in [5.74, 6) is -0.374. The van der Waals surface area contributed by atoms with Crippen LogP contribution < -0.4 is 4.72 Å². The molecule has 106 valence electrons. The van der Waals surface area contributed by atoms with Gasteiger partial charge in [0.2, 0.25) is 0 Å². The molecule has 0 atom stereocenters. The van der Waals surface area contributed by atoms with E-state index in [9.17, 15) is 13.2 Å². The molecule has 1 aromatic heterocycles. The van der Waals surface area contributed by atoms with Gasteiger partial charge in [0.15, 0.2) is 5.13 Å². The van der Waals surface area contributed by atoms with Crippen molar-refractivity contribution >= 4 is 32.5 Å². The number of anilines is 1. The monoisotopic (exact) mass is 312 g/mol. The van der Waals surface area contributed by atoms with E-state index >= 15 is 0 Å². The van der Waals surface area contributed by atoms with Crippen LogP contribution in [0.1, 0.15) is 5.56 Å². The third kappa shape index (κ3) is 3.55. The maximum absolute atomic E-state index is 12.1. The van der Waals surface area contributed by atoms with E-state index in [0.717, 1.165) is 0 Å². The SMILES string of the molecule is COC(=O)Cc1ccc(S(=O)(=O)Nc2nccs2)cc1. The van der Waals surface area contributed by atoms with Crippen molar-refractivity contribution in [2.75, 3.05) is 11.8 Å². The lowest BCUT2D eigenvalue weighted by molar-refractivity contribution is -0.139. The number of benzene rings is 1. The van der Waals surface area contributed by atoms with Crippen molar-refractivity contribution in [1.82, 2.24) is 4.98 Å². The molecule has 0 saturated heterocycles. The fraction of sp³-hybridized carbons (Fsp3) is 0.167. The lowest BCUT2D eigenvalue weighted by atomic mass is 10.2. The summed E-state index contributed by atoms with van der Waals surface area (Å²) in [6.07, 6.45) is 1.62. The molecule has 0 aliphatic heterocycles. The van der Waals surface area contributed by atoms with Gasteiger partial charge in [0.25, 0.3) is 10.0 Å². The molecule has 1 aromatic carbocycles. The van der Waals surface area contributed by atoms with Crippen LogP contribution in [0.3, 0.4) is 0 Å². The number of thiazole rings is 1. The first-order valence-electron chi connectivity index (χ1n) is 5.59. The van der Waals surface area contributed by atoms with Gasteiger partial charge in [0.1, 0.15) is 0 Å². The summed E-state index contributed by atoms with van der Waals surface area (Å²) in [5, 5.41) is 1.99. The topological polar surface area (TPSA) is 85.4 Å². The number of carbonyl (C=O) groups is 1. The van der Waals surface area contributed by atoms with E-state index in [1.807, 2.05) is 0 Å². The van der Waals surface area contributed by atoms with Crippen LogP contribution in [0.15, 0.2) is 40.7 Å². The van der Waals surface area contributed by atoms with Crippen LogP contribution in [0, 0.1) is 0 Å². The Balaban J connectivity index is 2.14. The predicted molar refractivity (Wildman–Crippen MR) is 75.1 cm³/mol. The number of carbonyl (C=O) groups excluding carboxylic acids is 1. The number of methoxy groups -OCH3 is 1. The van der Waals surface area contributed by atoms with E-state index in [0.29, 0.717) is 10.7 Å². The second-order valence-corrected chi connectivity index (χ2v) is 6.42. The van der Waals surface area contributed by atoms with Crippen LogP contribution in [-0.2, 0) is 26.0 Å². The molecule has 0 aliphatic carbocycles. The van der Waals surface area contributed by atoms with E-state index in [1.54, 1.807) is 17.5 Å². The molecule has 8 heteroatoms. The van der Waals surface area contributed by atoms with Crippen molar-refractivity contribution in [1.29, 1.82) is 0 Å². The Morgan fingerprint density at radius 3 is 2.60 bits per heavy atom. The van der Waals surface area contributed by atoms with Gasteiger partial charge in [0, 0.05) is 11.6 Å². The van der Waals surface area contributed by atoms with Crippen LogP contribution in [0.5, 0.6) is 0 Å². The van der Waals surface area contributed by atoms with Gasteiger partial charge < -0.3 is 4.74 Å². The summed E-state index contributed by atoms with van der Waals surface area (Å²) in [7, 11) is -2.35. The largest absolute Gasteiger partial charge is 0.469 e. The number of hydrogen-bond acceptors (Lipinski definition) is 6. The van der Waals surface area contributed by atoms with E-state index < -0.39 is 10.0 Å². The van der Waals surface area contributed by atoms with Crippen LogP contribution >= 0.6 is 11.3 Å². The highest BCUT2D eigenvalue weighted by Crippen LogP contribution is 2.18. The number of sulfonamides is 1. The first kappa shape index (κ1) is 14.5. The maximum atomic E-state index is 12.1. The average Bonchev–Trinajstić information content (AvgIpc) is 2.91. The van der Waals surface area contributed by atoms with Crippen LogP contribution in [0.25, 0.3) is 0 Å². The van der Waals surface area contributed by atoms with E-state index in [2.05, 4.69) is 14.4 Å². The highest BCUT2D eigenvalue weighted by molar-refractivity contribution is 7.93. The molecule has 6 nitrogen and oxygen atoms in total. The third-order valence-corrected chi connectivity index (χ3v) is 4.64. The molecule has 1 heterocycles. The predicted octanol–water partition coefficient (Wildman–Crippen LogP) is 1.66. The van der Waals surface area contributed by atoms with Crippen molar-refractivity contribution in [3.63, 3.8) is 0 Å². The zero-order valence-corrected chi connectivity index (χ0v) is 12.2. The van der Waals surface area contributed by atoms with Crippen LogP contribution in [-0.4, -0.2) is 26.5 Å². The van der Waals surface area contributed by atoms with Gasteiger partial charge in [0.05, 0.1) is 18.4 Å². The van der Waals surface area contributed by atoms with E-state index in [1.165, 1.54) is 36.8 Å². The molecule has 1 N–H and O–H groups in total. The van der Waals surface area contributed by atoms with Gasteiger partial charge in [-0.05, 0) is 17.7 Å². The maximum Gasteiger partial charge on any atom is 0.309 e. The standard InChI is InChI=1S/C12H12N2O4S2/c1-18-11(15)8-9-2-4-10(5-3-9)20(16,17)14-12-13-6-7-19-12/h2-7H,8H2,1H3,(H,13,14). The summed E-state index contributed by atoms with van der Waals surface area (Å²) in [5.41, 5.74) is 0.685. The fourth-order valence-electron chi connectivity index (χ4n) is 1.47. The van der Waals surface area contributed by atoms with Crippen molar-refractivity contribution in [3.05, 3.63) is 41.4 Å². The first-order chi connectivity index (χ1) is 9.51. The summed E-state index contributed by atoms with van der Waals surface area (Å²) in [6, 6.07) is 6.03. The normalized spacial score (nSPS) is 11.1. The van der Waals surface area contributed by atoms with Crippen LogP contribution in [0.2, 0.25) is 0 Å². The van der Waals surface area contributed by atoms with Crippen molar-refractivity contribution in [3.8, 4) is 0 Å². The van der Waals surface area contributed by atoms with E-state index in [-0.39, 0.29) is 17.3 Å². The molecule has 0 unspecified atom stereocenters. The Kier molecular flexibility index (Phi) is 4.35. The van der Waals surface area contributed by atoms with Gasteiger partial charge in [-0.1, -0.05) is 12.1 Å². The minimum Gasteiger partial charge on any atom is -0.469 e. The molecule has 0 amide bonds. The van der Waals surface area contributed by atoms with Crippen molar-refractivity contribution in [2.45, 2.75) is 11.3 Å². The molecule has 20 heavy (non-hydrogen) atoms. The molecule has 0 fully saturated rings. The van der Waals surface area contributed by atoms with E-state index in [4.69, 9.17) is 0 Å². The quantitative estimate of drug-likeness (QED) is 0.849. The van der Waals surface area contributed by atoms with Crippen LogP contribution in [0.4, 0.5) is 5.13 Å². The molecule has 0 spiro atoms. The molecule has 2 rings (SSSR count). The number of nitrogens with one attached hydrogen (secondary N) is 1. The zero-order valence-electron chi connectivity index (χ0n) is 10.6. The highest BCUT2D eigenvalue weighted by Gasteiger charge is 2.15. The molecule has 0 saturated carbocycles. The second-order valence-electron chi connectivity index (χ2n) is 3.84. The summed E-state index contributed by atoms with van der Waals surface area (Å²) in [4.78, 5) is 15.1.